The molecule has 0 bridgehead atoms. The molecule has 0 N–H and O–H groups in total. The van der Waals surface area contributed by atoms with Crippen molar-refractivity contribution < 1.29 is 0 Å². The maximum Gasteiger partial charge on any atom is 0.0480 e. The van der Waals surface area contributed by atoms with Gasteiger partial charge in [0, 0.05) is 38.5 Å². The van der Waals surface area contributed by atoms with E-state index in [1.54, 1.807) is 20.9 Å². The zero-order valence-electron chi connectivity index (χ0n) is 14.9. The molecule has 0 fully saturated rings. The van der Waals surface area contributed by atoms with Crippen molar-refractivity contribution in [2.24, 2.45) is 0 Å². The van der Waals surface area contributed by atoms with Crippen LogP contribution in [0.5, 0.6) is 0 Å². The van der Waals surface area contributed by atoms with Crippen LogP contribution < -0.4 is 0 Å². The quantitative estimate of drug-likeness (QED) is 0.336. The van der Waals surface area contributed by atoms with Crippen LogP contribution in [-0.4, -0.2) is 23.9 Å². The van der Waals surface area contributed by atoms with E-state index in [4.69, 9.17) is 0 Å². The summed E-state index contributed by atoms with van der Waals surface area (Å²) in [5, 5.41) is 2.22. The Morgan fingerprint density at radius 2 is 1.43 bits per heavy atom. The fraction of sp³-hybridized carbons (Fsp3) is 0.600. The van der Waals surface area contributed by atoms with Crippen molar-refractivity contribution in [1.82, 2.24) is 0 Å². The van der Waals surface area contributed by atoms with Crippen LogP contribution in [0, 0.1) is 0 Å². The second-order valence-corrected chi connectivity index (χ2v) is 8.15. The van der Waals surface area contributed by atoms with E-state index >= 15 is 0 Å². The van der Waals surface area contributed by atoms with Gasteiger partial charge in [-0.2, -0.15) is 0 Å². The predicted octanol–water partition coefficient (Wildman–Crippen LogP) is 7.12. The molecule has 0 amide bonds. The number of aryl methyl sites for hydroxylation is 1. The Balaban J connectivity index is 0.00000264. The number of thiophene rings is 2. The van der Waals surface area contributed by atoms with E-state index < -0.39 is 0 Å². The Bertz CT molecular complexity index is 540. The minimum atomic E-state index is 0. The third-order valence-corrected chi connectivity index (χ3v) is 6.65. The van der Waals surface area contributed by atoms with Crippen molar-refractivity contribution in [2.45, 2.75) is 78.6 Å². The minimum Gasteiger partial charge on any atom is -0.143 e. The molecule has 0 aliphatic carbocycles. The number of unbranched alkanes of at least 4 members (excludes halogenated alkanes) is 3. The third kappa shape index (κ3) is 5.89. The summed E-state index contributed by atoms with van der Waals surface area (Å²) < 4.78 is 0. The molecule has 126 valence electrons. The van der Waals surface area contributed by atoms with Crippen LogP contribution in [0.1, 0.15) is 75.3 Å². The fourth-order valence-corrected chi connectivity index (χ4v) is 5.28. The summed E-state index contributed by atoms with van der Waals surface area (Å²) in [7, 11) is 0. The summed E-state index contributed by atoms with van der Waals surface area (Å²) in [6.45, 7) is 6.92. The Morgan fingerprint density at radius 1 is 0.826 bits per heavy atom. The molecule has 0 aliphatic heterocycles. The molecule has 3 heteroatoms. The first kappa shape index (κ1) is 21.2. The molecule has 4 radical (unpaired) electrons. The summed E-state index contributed by atoms with van der Waals surface area (Å²) in [6.07, 6.45) is 11.7. The van der Waals surface area contributed by atoms with Crippen molar-refractivity contribution in [3.05, 3.63) is 33.5 Å². The second-order valence-electron chi connectivity index (χ2n) is 6.10. The Morgan fingerprint density at radius 3 is 2.00 bits per heavy atom. The maximum atomic E-state index is 2.31. The van der Waals surface area contributed by atoms with Gasteiger partial charge in [0.25, 0.3) is 0 Å². The van der Waals surface area contributed by atoms with Crippen LogP contribution >= 0.6 is 22.7 Å². The first-order chi connectivity index (χ1) is 10.8. The van der Waals surface area contributed by atoms with Gasteiger partial charge in [0.1, 0.15) is 0 Å². The van der Waals surface area contributed by atoms with Crippen LogP contribution in [0.2, 0.25) is 0 Å². The van der Waals surface area contributed by atoms with Crippen molar-refractivity contribution in [1.29, 1.82) is 0 Å². The Hall–Kier alpha value is 0.199. The third-order valence-electron chi connectivity index (χ3n) is 4.26. The fourth-order valence-electron chi connectivity index (χ4n) is 2.96. The Kier molecular flexibility index (Phi) is 10.8. The molecule has 0 saturated carbocycles. The molecule has 2 aromatic heterocycles. The van der Waals surface area contributed by atoms with Crippen LogP contribution in [0.4, 0.5) is 0 Å². The topological polar surface area (TPSA) is 0 Å². The smallest absolute Gasteiger partial charge is 0.0480 e. The van der Waals surface area contributed by atoms with Crippen LogP contribution in [0.25, 0.3) is 9.75 Å². The second kappa shape index (κ2) is 11.7. The van der Waals surface area contributed by atoms with Gasteiger partial charge in [-0.15, -0.1) is 22.7 Å². The number of hydrogen-bond donors (Lipinski definition) is 0. The van der Waals surface area contributed by atoms with Crippen molar-refractivity contribution in [2.75, 3.05) is 0 Å². The first-order valence-electron chi connectivity index (χ1n) is 8.99. The van der Waals surface area contributed by atoms with E-state index in [2.05, 4.69) is 49.6 Å². The number of rotatable bonds is 10. The molecule has 0 nitrogen and oxygen atoms in total. The average molecular weight is 453 g/mol. The SMILES string of the molecule is CCCCc1sc(-c2cccs2)c(CCCC)c1CCCC.[Sn]. The molecule has 23 heavy (non-hydrogen) atoms. The molecule has 2 rings (SSSR count). The van der Waals surface area contributed by atoms with Crippen LogP contribution in [-0.2, 0) is 19.3 Å². The molecular weight excluding hydrogens is 423 g/mol. The van der Waals surface area contributed by atoms with Crippen molar-refractivity contribution in [3.63, 3.8) is 0 Å². The molecule has 0 aliphatic rings. The van der Waals surface area contributed by atoms with Crippen LogP contribution in [0.15, 0.2) is 17.5 Å². The standard InChI is InChI=1S/C20H30S2.Sn/c1-4-7-11-16-17(12-8-5-2)20(19-14-10-15-21-19)22-18(16)13-9-6-3;/h10,14-15H,4-9,11-13H2,1-3H3;. The zero-order chi connectivity index (χ0) is 15.8. The summed E-state index contributed by atoms with van der Waals surface area (Å²) >= 11 is 4.00. The van der Waals surface area contributed by atoms with Gasteiger partial charge in [-0.25, -0.2) is 0 Å². The van der Waals surface area contributed by atoms with Crippen molar-refractivity contribution >= 4 is 46.6 Å². The molecule has 0 spiro atoms. The van der Waals surface area contributed by atoms with E-state index in [0.717, 1.165) is 0 Å². The average Bonchev–Trinajstić information content (AvgIpc) is 3.16. The molecule has 0 aromatic carbocycles. The van der Waals surface area contributed by atoms with Crippen molar-refractivity contribution in [3.8, 4) is 9.75 Å². The van der Waals surface area contributed by atoms with Crippen LogP contribution in [0.3, 0.4) is 0 Å². The normalized spacial score (nSPS) is 10.7. The molecule has 0 unspecified atom stereocenters. The molecule has 0 atom stereocenters. The molecule has 0 saturated heterocycles. The molecule has 2 heterocycles. The van der Waals surface area contributed by atoms with E-state index in [1.165, 1.54) is 62.7 Å². The monoisotopic (exact) mass is 454 g/mol. The zero-order valence-corrected chi connectivity index (χ0v) is 19.4. The maximum absolute atomic E-state index is 2.31. The first-order valence-corrected chi connectivity index (χ1v) is 10.7. The largest absolute Gasteiger partial charge is 0.143 e. The van der Waals surface area contributed by atoms with Gasteiger partial charge in [-0.05, 0) is 61.1 Å². The van der Waals surface area contributed by atoms with E-state index in [1.807, 2.05) is 11.3 Å². The summed E-state index contributed by atoms with van der Waals surface area (Å²) in [6, 6.07) is 4.50. The van der Waals surface area contributed by atoms with Gasteiger partial charge in [-0.3, -0.25) is 0 Å². The van der Waals surface area contributed by atoms with E-state index in [0.29, 0.717) is 0 Å². The summed E-state index contributed by atoms with van der Waals surface area (Å²) in [5.41, 5.74) is 3.41. The minimum absolute atomic E-state index is 0. The number of hydrogen-bond acceptors (Lipinski definition) is 2. The molecule has 2 aromatic rings. The van der Waals surface area contributed by atoms with Gasteiger partial charge in [0.05, 0.1) is 0 Å². The van der Waals surface area contributed by atoms with E-state index in [9.17, 15) is 0 Å². The van der Waals surface area contributed by atoms with E-state index in [-0.39, 0.29) is 23.9 Å². The molecular formula is C20H30S2Sn. The van der Waals surface area contributed by atoms with Gasteiger partial charge >= 0.3 is 0 Å². The van der Waals surface area contributed by atoms with Gasteiger partial charge < -0.3 is 0 Å². The summed E-state index contributed by atoms with van der Waals surface area (Å²) in [5.74, 6) is 0. The summed E-state index contributed by atoms with van der Waals surface area (Å²) in [4.78, 5) is 4.75. The van der Waals surface area contributed by atoms with Gasteiger partial charge in [0.15, 0.2) is 0 Å². The van der Waals surface area contributed by atoms with Gasteiger partial charge in [0.2, 0.25) is 0 Å². The predicted molar refractivity (Wildman–Crippen MR) is 109 cm³/mol. The van der Waals surface area contributed by atoms with Gasteiger partial charge in [-0.1, -0.05) is 46.1 Å². The Labute approximate surface area is 167 Å².